The third-order valence-electron chi connectivity index (χ3n) is 5.16. The van der Waals surface area contributed by atoms with Crippen LogP contribution < -0.4 is 4.72 Å². The minimum atomic E-state index is -3.36. The maximum atomic E-state index is 12.1. The van der Waals surface area contributed by atoms with Gasteiger partial charge in [-0.25, -0.2) is 8.42 Å². The molecule has 1 heterocycles. The Morgan fingerprint density at radius 3 is 2.47 bits per heavy atom. The van der Waals surface area contributed by atoms with Crippen LogP contribution in [0.25, 0.3) is 17.2 Å². The Balaban J connectivity index is 0.00000199. The van der Waals surface area contributed by atoms with Gasteiger partial charge in [0.05, 0.1) is 11.9 Å². The van der Waals surface area contributed by atoms with Crippen LogP contribution in [-0.2, 0) is 19.6 Å². The lowest BCUT2D eigenvalue weighted by Gasteiger charge is -2.25. The van der Waals surface area contributed by atoms with Gasteiger partial charge < -0.3 is 4.74 Å². The molecule has 3 rings (SSSR count). The van der Waals surface area contributed by atoms with Crippen molar-refractivity contribution >= 4 is 22.1 Å². The average molecular weight is 483 g/mol. The Morgan fingerprint density at radius 2 is 1.85 bits per heavy atom. The molecule has 0 saturated carbocycles. The summed E-state index contributed by atoms with van der Waals surface area (Å²) in [5.74, 6) is -0.393. The van der Waals surface area contributed by atoms with Gasteiger partial charge in [0.15, 0.2) is 6.10 Å². The zero-order valence-corrected chi connectivity index (χ0v) is 21.6. The Kier molecular flexibility index (Phi) is 9.81. The van der Waals surface area contributed by atoms with Crippen molar-refractivity contribution in [3.63, 3.8) is 0 Å². The van der Waals surface area contributed by atoms with Crippen LogP contribution in [0.2, 0.25) is 0 Å². The van der Waals surface area contributed by atoms with Crippen LogP contribution in [0.3, 0.4) is 0 Å². The number of ether oxygens (including phenoxy) is 1. The van der Waals surface area contributed by atoms with E-state index in [0.29, 0.717) is 18.5 Å². The van der Waals surface area contributed by atoms with Crippen LogP contribution in [0.4, 0.5) is 0 Å². The number of fused-ring (bicyclic) bond motifs is 1. The van der Waals surface area contributed by atoms with Crippen molar-refractivity contribution < 1.29 is 17.9 Å². The molecule has 1 aromatic heterocycles. The second-order valence-corrected chi connectivity index (χ2v) is 9.68. The quantitative estimate of drug-likeness (QED) is 0.406. The molecular formula is C27H34N2O4S. The number of aromatic nitrogens is 1. The molecule has 7 heteroatoms. The predicted octanol–water partition coefficient (Wildman–Crippen LogP) is 5.96. The molecule has 0 aliphatic heterocycles. The fourth-order valence-electron chi connectivity index (χ4n) is 3.70. The number of allylic oxidation sites excluding steroid dienone is 4. The van der Waals surface area contributed by atoms with Crippen LogP contribution in [0.15, 0.2) is 71.6 Å². The van der Waals surface area contributed by atoms with E-state index in [-0.39, 0.29) is 0 Å². The Bertz CT molecular complexity index is 1200. The number of hydrogen-bond donors (Lipinski definition) is 1. The van der Waals surface area contributed by atoms with E-state index in [1.807, 2.05) is 75.5 Å². The Hall–Kier alpha value is -3.19. The zero-order valence-electron chi connectivity index (χ0n) is 20.8. The van der Waals surface area contributed by atoms with Crippen molar-refractivity contribution in [2.75, 3.05) is 6.26 Å². The van der Waals surface area contributed by atoms with Gasteiger partial charge in [-0.2, -0.15) is 0 Å². The van der Waals surface area contributed by atoms with E-state index in [9.17, 15) is 13.2 Å². The van der Waals surface area contributed by atoms with Gasteiger partial charge in [-0.1, -0.05) is 61.9 Å². The predicted molar refractivity (Wildman–Crippen MR) is 138 cm³/mol. The molecule has 1 aliphatic rings. The third kappa shape index (κ3) is 7.70. The Morgan fingerprint density at radius 1 is 1.18 bits per heavy atom. The number of carbonyl (C=O) groups excluding carboxylic acids is 1. The van der Waals surface area contributed by atoms with Gasteiger partial charge in [0.1, 0.15) is 0 Å². The first-order valence-electron chi connectivity index (χ1n) is 11.4. The maximum absolute atomic E-state index is 12.1. The SMILES string of the molecule is CC.CC(=O)OC1/C(C/C=C(\C)NS(C)(=O)=O)=C(/C)C/C=C\c2ncc(-c3ccccc3)cc21. The summed E-state index contributed by atoms with van der Waals surface area (Å²) in [5, 5.41) is 0. The van der Waals surface area contributed by atoms with Crippen LogP contribution in [0, 0.1) is 0 Å². The number of rotatable bonds is 6. The molecule has 0 amide bonds. The first kappa shape index (κ1) is 27.1. The molecule has 0 saturated heterocycles. The van der Waals surface area contributed by atoms with Crippen molar-refractivity contribution in [3.05, 3.63) is 82.8 Å². The zero-order chi connectivity index (χ0) is 25.3. The molecule has 182 valence electrons. The van der Waals surface area contributed by atoms with E-state index >= 15 is 0 Å². The van der Waals surface area contributed by atoms with Crippen LogP contribution in [-0.4, -0.2) is 25.6 Å². The minimum absolute atomic E-state index is 0.393. The molecule has 6 nitrogen and oxygen atoms in total. The van der Waals surface area contributed by atoms with Crippen LogP contribution >= 0.6 is 0 Å². The number of pyridine rings is 1. The summed E-state index contributed by atoms with van der Waals surface area (Å²) in [5.41, 5.74) is 5.98. The minimum Gasteiger partial charge on any atom is -0.453 e. The average Bonchev–Trinajstić information content (AvgIpc) is 2.78. The molecule has 0 fully saturated rings. The number of hydrogen-bond acceptors (Lipinski definition) is 5. The molecule has 2 aromatic rings. The number of carbonyl (C=O) groups is 1. The van der Waals surface area contributed by atoms with Crippen molar-refractivity contribution in [1.29, 1.82) is 0 Å². The summed E-state index contributed by atoms with van der Waals surface area (Å²) in [4.78, 5) is 16.7. The van der Waals surface area contributed by atoms with Crippen LogP contribution in [0.5, 0.6) is 0 Å². The lowest BCUT2D eigenvalue weighted by Crippen LogP contribution is -2.20. The summed E-state index contributed by atoms with van der Waals surface area (Å²) in [6.07, 6.45) is 9.22. The van der Waals surface area contributed by atoms with Crippen molar-refractivity contribution in [3.8, 4) is 11.1 Å². The highest BCUT2D eigenvalue weighted by Crippen LogP contribution is 2.37. The standard InChI is InChI=1S/C25H28N2O4S.C2H6/c1-17-9-8-12-24-23(15-21(16-26-24)20-10-6-5-7-11-20)25(31-19(3)28)22(17)14-13-18(2)27-32(4,29)30;1-2/h5-8,10-13,15-16,25,27H,9,14H2,1-4H3;1-2H3/b12-8-,18-13+,22-17-;. The highest BCUT2D eigenvalue weighted by molar-refractivity contribution is 7.88. The highest BCUT2D eigenvalue weighted by Gasteiger charge is 2.26. The molecule has 1 unspecified atom stereocenters. The lowest BCUT2D eigenvalue weighted by atomic mass is 9.89. The summed E-state index contributed by atoms with van der Waals surface area (Å²) < 4.78 is 31.4. The lowest BCUT2D eigenvalue weighted by molar-refractivity contribution is -0.145. The van der Waals surface area contributed by atoms with E-state index in [1.54, 1.807) is 13.0 Å². The van der Waals surface area contributed by atoms with Gasteiger partial charge in [-0.05, 0) is 50.0 Å². The van der Waals surface area contributed by atoms with E-state index in [2.05, 4.69) is 9.71 Å². The number of nitrogens with one attached hydrogen (secondary N) is 1. The summed E-state index contributed by atoms with van der Waals surface area (Å²) in [6.45, 7) is 9.09. The largest absolute Gasteiger partial charge is 0.453 e. The second-order valence-electron chi connectivity index (χ2n) is 7.93. The number of sulfonamides is 1. The fourth-order valence-corrected chi connectivity index (χ4v) is 4.37. The number of nitrogens with zero attached hydrogens (tertiary/aromatic N) is 1. The molecule has 0 spiro atoms. The molecule has 0 radical (unpaired) electrons. The van der Waals surface area contributed by atoms with E-state index < -0.39 is 22.1 Å². The third-order valence-corrected chi connectivity index (χ3v) is 5.85. The van der Waals surface area contributed by atoms with Crippen molar-refractivity contribution in [2.45, 2.75) is 53.6 Å². The van der Waals surface area contributed by atoms with Crippen molar-refractivity contribution in [1.82, 2.24) is 9.71 Å². The van der Waals surface area contributed by atoms with E-state index in [0.717, 1.165) is 39.8 Å². The topological polar surface area (TPSA) is 85.4 Å². The molecular weight excluding hydrogens is 448 g/mol. The first-order valence-corrected chi connectivity index (χ1v) is 13.3. The second kappa shape index (κ2) is 12.3. The molecule has 34 heavy (non-hydrogen) atoms. The molecule has 1 aromatic carbocycles. The first-order chi connectivity index (χ1) is 16.1. The van der Waals surface area contributed by atoms with Gasteiger partial charge in [-0.15, -0.1) is 0 Å². The maximum Gasteiger partial charge on any atom is 0.303 e. The van der Waals surface area contributed by atoms with Gasteiger partial charge in [0.2, 0.25) is 10.0 Å². The monoisotopic (exact) mass is 482 g/mol. The van der Waals surface area contributed by atoms with Gasteiger partial charge in [0.25, 0.3) is 0 Å². The molecule has 1 aliphatic carbocycles. The summed E-state index contributed by atoms with van der Waals surface area (Å²) in [6, 6.07) is 11.9. The van der Waals surface area contributed by atoms with E-state index in [4.69, 9.17) is 4.74 Å². The smallest absolute Gasteiger partial charge is 0.303 e. The van der Waals surface area contributed by atoms with Gasteiger partial charge in [0, 0.05) is 29.9 Å². The fraction of sp³-hybridized carbons (Fsp3) is 0.333. The highest BCUT2D eigenvalue weighted by atomic mass is 32.2. The van der Waals surface area contributed by atoms with Crippen molar-refractivity contribution in [2.24, 2.45) is 0 Å². The number of benzene rings is 1. The number of esters is 1. The molecule has 1 N–H and O–H groups in total. The Labute approximate surface area is 203 Å². The summed E-state index contributed by atoms with van der Waals surface area (Å²) in [7, 11) is -3.36. The molecule has 1 atom stereocenters. The van der Waals surface area contributed by atoms with E-state index in [1.165, 1.54) is 6.92 Å². The van der Waals surface area contributed by atoms with Crippen LogP contribution in [0.1, 0.15) is 64.8 Å². The summed E-state index contributed by atoms with van der Waals surface area (Å²) >= 11 is 0. The molecule has 0 bridgehead atoms. The normalized spacial score (nSPS) is 19.0. The van der Waals surface area contributed by atoms with Gasteiger partial charge in [-0.3, -0.25) is 14.5 Å². The van der Waals surface area contributed by atoms with Gasteiger partial charge >= 0.3 is 5.97 Å².